The van der Waals surface area contributed by atoms with E-state index in [0.717, 1.165) is 19.6 Å². The second-order valence-electron chi connectivity index (χ2n) is 7.87. The molecule has 1 heterocycles. The van der Waals surface area contributed by atoms with Crippen LogP contribution in [-0.4, -0.2) is 29.3 Å². The summed E-state index contributed by atoms with van der Waals surface area (Å²) in [5.41, 5.74) is 3.26. The average Bonchev–Trinajstić information content (AvgIpc) is 3.07. The quantitative estimate of drug-likeness (QED) is 0.217. The van der Waals surface area contributed by atoms with Gasteiger partial charge in [-0.15, -0.1) is 0 Å². The molecule has 3 aromatic rings. The zero-order chi connectivity index (χ0) is 24.9. The highest BCUT2D eigenvalue weighted by atomic mass is 127. The SMILES string of the molecule is Cc1cccc(NC(=O)CN2C(=O)N/C(=C/c3ccc(OCc4ccccc4Cl)c(I)c3)C2=O)c1. The number of benzene rings is 3. The molecule has 1 aliphatic heterocycles. The lowest BCUT2D eigenvalue weighted by Gasteiger charge is -2.12. The fourth-order valence-corrected chi connectivity index (χ4v) is 4.33. The standard InChI is InChI=1S/C26H21ClIN3O4/c1-16-5-4-7-19(11-16)29-24(32)14-31-25(33)22(30-26(31)34)13-17-9-10-23(21(28)12-17)35-15-18-6-2-3-8-20(18)27/h2-13H,14-15H2,1H3,(H,29,32)(H,30,34)/b22-13+. The van der Waals surface area contributed by atoms with Crippen molar-refractivity contribution in [2.24, 2.45) is 0 Å². The first-order chi connectivity index (χ1) is 16.8. The number of hydrogen-bond donors (Lipinski definition) is 2. The number of urea groups is 1. The Labute approximate surface area is 221 Å². The molecular weight excluding hydrogens is 581 g/mol. The number of amides is 4. The Morgan fingerprint density at radius 3 is 2.66 bits per heavy atom. The van der Waals surface area contributed by atoms with Crippen LogP contribution in [0.3, 0.4) is 0 Å². The molecule has 0 aromatic heterocycles. The lowest BCUT2D eigenvalue weighted by molar-refractivity contribution is -0.127. The maximum Gasteiger partial charge on any atom is 0.329 e. The van der Waals surface area contributed by atoms with Crippen LogP contribution < -0.4 is 15.4 Å². The average molecular weight is 602 g/mol. The van der Waals surface area contributed by atoms with Crippen molar-refractivity contribution in [2.45, 2.75) is 13.5 Å². The predicted molar refractivity (Wildman–Crippen MR) is 143 cm³/mol. The molecule has 0 bridgehead atoms. The van der Waals surface area contributed by atoms with Gasteiger partial charge in [-0.25, -0.2) is 9.69 Å². The maximum atomic E-state index is 12.8. The van der Waals surface area contributed by atoms with Crippen molar-refractivity contribution >= 4 is 63.8 Å². The van der Waals surface area contributed by atoms with E-state index in [-0.39, 0.29) is 12.2 Å². The first-order valence-corrected chi connectivity index (χ1v) is 12.1. The van der Waals surface area contributed by atoms with E-state index in [9.17, 15) is 14.4 Å². The molecule has 0 unspecified atom stereocenters. The van der Waals surface area contributed by atoms with E-state index in [1.807, 2.05) is 49.4 Å². The molecular formula is C26H21ClIN3O4. The second-order valence-corrected chi connectivity index (χ2v) is 9.44. The molecule has 0 atom stereocenters. The fourth-order valence-electron chi connectivity index (χ4n) is 3.44. The summed E-state index contributed by atoms with van der Waals surface area (Å²) < 4.78 is 6.71. The van der Waals surface area contributed by atoms with Crippen LogP contribution in [0.1, 0.15) is 16.7 Å². The van der Waals surface area contributed by atoms with E-state index >= 15 is 0 Å². The molecule has 0 radical (unpaired) electrons. The minimum Gasteiger partial charge on any atom is -0.488 e. The van der Waals surface area contributed by atoms with Gasteiger partial charge in [-0.2, -0.15) is 0 Å². The van der Waals surface area contributed by atoms with Gasteiger partial charge in [-0.3, -0.25) is 9.59 Å². The summed E-state index contributed by atoms with van der Waals surface area (Å²) in [6.07, 6.45) is 1.57. The van der Waals surface area contributed by atoms with Gasteiger partial charge in [-0.1, -0.05) is 48.0 Å². The topological polar surface area (TPSA) is 87.7 Å². The fraction of sp³-hybridized carbons (Fsp3) is 0.115. The van der Waals surface area contributed by atoms with Crippen molar-refractivity contribution in [2.75, 3.05) is 11.9 Å². The molecule has 0 spiro atoms. The number of anilines is 1. The van der Waals surface area contributed by atoms with Crippen LogP contribution >= 0.6 is 34.2 Å². The first kappa shape index (κ1) is 24.7. The number of carbonyl (C=O) groups excluding carboxylic acids is 3. The van der Waals surface area contributed by atoms with E-state index in [4.69, 9.17) is 16.3 Å². The molecule has 4 rings (SSSR count). The number of nitrogens with one attached hydrogen (secondary N) is 2. The van der Waals surface area contributed by atoms with E-state index in [0.29, 0.717) is 28.6 Å². The third-order valence-electron chi connectivity index (χ3n) is 5.17. The number of halogens is 2. The highest BCUT2D eigenvalue weighted by molar-refractivity contribution is 14.1. The zero-order valence-electron chi connectivity index (χ0n) is 18.7. The van der Waals surface area contributed by atoms with Gasteiger partial charge in [0.2, 0.25) is 5.91 Å². The Kier molecular flexibility index (Phi) is 7.72. The highest BCUT2D eigenvalue weighted by Crippen LogP contribution is 2.26. The van der Waals surface area contributed by atoms with Crippen LogP contribution in [0.5, 0.6) is 5.75 Å². The molecule has 1 fully saturated rings. The first-order valence-electron chi connectivity index (χ1n) is 10.7. The molecule has 0 saturated carbocycles. The minimum absolute atomic E-state index is 0.0962. The number of rotatable bonds is 7. The van der Waals surface area contributed by atoms with Gasteiger partial charge in [0, 0.05) is 16.3 Å². The summed E-state index contributed by atoms with van der Waals surface area (Å²) >= 11 is 8.32. The summed E-state index contributed by atoms with van der Waals surface area (Å²) in [6.45, 7) is 1.84. The number of carbonyl (C=O) groups is 3. The molecule has 9 heteroatoms. The lowest BCUT2D eigenvalue weighted by atomic mass is 10.2. The van der Waals surface area contributed by atoms with Gasteiger partial charge in [-0.05, 0) is 77.0 Å². The Morgan fingerprint density at radius 1 is 1.11 bits per heavy atom. The van der Waals surface area contributed by atoms with E-state index < -0.39 is 17.8 Å². The smallest absolute Gasteiger partial charge is 0.329 e. The molecule has 3 aromatic carbocycles. The monoisotopic (exact) mass is 601 g/mol. The molecule has 0 aliphatic carbocycles. The number of hydrogen-bond acceptors (Lipinski definition) is 4. The third kappa shape index (κ3) is 6.20. The van der Waals surface area contributed by atoms with E-state index in [1.54, 1.807) is 30.3 Å². The number of aryl methyl sites for hydroxylation is 1. The zero-order valence-corrected chi connectivity index (χ0v) is 21.6. The summed E-state index contributed by atoms with van der Waals surface area (Å²) in [5.74, 6) is -0.359. The van der Waals surface area contributed by atoms with Crippen LogP contribution in [-0.2, 0) is 16.2 Å². The molecule has 178 valence electrons. The van der Waals surface area contributed by atoms with Crippen molar-refractivity contribution in [1.82, 2.24) is 10.2 Å². The summed E-state index contributed by atoms with van der Waals surface area (Å²) in [5, 5.41) is 5.87. The third-order valence-corrected chi connectivity index (χ3v) is 6.39. The Morgan fingerprint density at radius 2 is 1.91 bits per heavy atom. The van der Waals surface area contributed by atoms with Gasteiger partial charge < -0.3 is 15.4 Å². The van der Waals surface area contributed by atoms with Crippen molar-refractivity contribution in [3.63, 3.8) is 0 Å². The van der Waals surface area contributed by atoms with Crippen molar-refractivity contribution in [3.05, 3.63) is 97.7 Å². The molecule has 1 saturated heterocycles. The van der Waals surface area contributed by atoms with Crippen LogP contribution in [0.2, 0.25) is 5.02 Å². The van der Waals surface area contributed by atoms with Crippen LogP contribution in [0.15, 0.2) is 72.4 Å². The van der Waals surface area contributed by atoms with E-state index in [2.05, 4.69) is 33.2 Å². The Bertz CT molecular complexity index is 1340. The van der Waals surface area contributed by atoms with Crippen LogP contribution in [0.4, 0.5) is 10.5 Å². The minimum atomic E-state index is -0.643. The second kappa shape index (κ2) is 10.9. The summed E-state index contributed by atoms with van der Waals surface area (Å²) in [7, 11) is 0. The lowest BCUT2D eigenvalue weighted by Crippen LogP contribution is -2.38. The van der Waals surface area contributed by atoms with Crippen molar-refractivity contribution in [1.29, 1.82) is 0 Å². The largest absolute Gasteiger partial charge is 0.488 e. The van der Waals surface area contributed by atoms with Gasteiger partial charge in [0.25, 0.3) is 5.91 Å². The predicted octanol–water partition coefficient (Wildman–Crippen LogP) is 5.36. The van der Waals surface area contributed by atoms with Crippen molar-refractivity contribution < 1.29 is 19.1 Å². The molecule has 2 N–H and O–H groups in total. The van der Waals surface area contributed by atoms with Gasteiger partial charge in [0.1, 0.15) is 24.6 Å². The Balaban J connectivity index is 1.40. The summed E-state index contributed by atoms with van der Waals surface area (Å²) in [6, 6.07) is 19.5. The number of nitrogens with zero attached hydrogens (tertiary/aromatic N) is 1. The van der Waals surface area contributed by atoms with Gasteiger partial charge in [0.05, 0.1) is 3.57 Å². The Hall–Kier alpha value is -3.37. The number of imide groups is 1. The molecule has 4 amide bonds. The van der Waals surface area contributed by atoms with Crippen LogP contribution in [0.25, 0.3) is 6.08 Å². The molecule has 7 nitrogen and oxygen atoms in total. The highest BCUT2D eigenvalue weighted by Gasteiger charge is 2.34. The van der Waals surface area contributed by atoms with Crippen LogP contribution in [0, 0.1) is 10.5 Å². The van der Waals surface area contributed by atoms with E-state index in [1.165, 1.54) is 0 Å². The normalized spacial score (nSPS) is 14.3. The summed E-state index contributed by atoms with van der Waals surface area (Å²) in [4.78, 5) is 38.4. The maximum absolute atomic E-state index is 12.8. The van der Waals surface area contributed by atoms with Gasteiger partial charge in [0.15, 0.2) is 0 Å². The molecule has 35 heavy (non-hydrogen) atoms. The number of ether oxygens (including phenoxy) is 1. The molecule has 1 aliphatic rings. The van der Waals surface area contributed by atoms with Crippen molar-refractivity contribution in [3.8, 4) is 5.75 Å². The van der Waals surface area contributed by atoms with Gasteiger partial charge >= 0.3 is 6.03 Å².